The molecule has 0 atom stereocenters. The maximum atomic E-state index is 13.4. The number of amides is 1. The van der Waals surface area contributed by atoms with Crippen molar-refractivity contribution in [2.75, 3.05) is 39.1 Å². The van der Waals surface area contributed by atoms with Crippen LogP contribution in [-0.4, -0.2) is 57.8 Å². The van der Waals surface area contributed by atoms with Gasteiger partial charge in [0.2, 0.25) is 10.0 Å². The highest BCUT2D eigenvalue weighted by Gasteiger charge is 2.30. The molecule has 0 saturated carbocycles. The largest absolute Gasteiger partial charge is 0.416 e. The number of hydrogen-bond acceptors (Lipinski definition) is 4. The summed E-state index contributed by atoms with van der Waals surface area (Å²) in [7, 11) is 0.648. The Balaban J connectivity index is 1.93. The number of carbonyl (C=O) groups is 1. The Labute approximate surface area is 192 Å². The fourth-order valence-electron chi connectivity index (χ4n) is 3.82. The van der Waals surface area contributed by atoms with E-state index in [1.807, 2.05) is 0 Å². The molecule has 0 radical (unpaired) electrons. The fraction of sp³-hybridized carbons (Fsp3) is 0.435. The molecule has 0 aliphatic carbocycles. The third-order valence-electron chi connectivity index (χ3n) is 5.72. The Morgan fingerprint density at radius 2 is 1.58 bits per heavy atom. The summed E-state index contributed by atoms with van der Waals surface area (Å²) in [4.78, 5) is 16.9. The summed E-state index contributed by atoms with van der Waals surface area (Å²) in [5, 5.41) is 0. The topological polar surface area (TPSA) is 60.9 Å². The Kier molecular flexibility index (Phi) is 7.38. The highest BCUT2D eigenvalue weighted by molar-refractivity contribution is 7.89. The first-order valence-corrected chi connectivity index (χ1v) is 12.1. The monoisotopic (exact) mass is 483 g/mol. The van der Waals surface area contributed by atoms with E-state index in [1.54, 1.807) is 13.1 Å². The first kappa shape index (κ1) is 25.0. The van der Waals surface area contributed by atoms with Gasteiger partial charge in [-0.05, 0) is 55.2 Å². The van der Waals surface area contributed by atoms with Gasteiger partial charge in [0.15, 0.2) is 0 Å². The van der Waals surface area contributed by atoms with Gasteiger partial charge in [-0.25, -0.2) is 12.7 Å². The van der Waals surface area contributed by atoms with Gasteiger partial charge in [-0.15, -0.1) is 0 Å². The lowest BCUT2D eigenvalue weighted by Crippen LogP contribution is -2.33. The number of sulfonamides is 1. The van der Waals surface area contributed by atoms with Gasteiger partial charge in [-0.1, -0.05) is 12.1 Å². The van der Waals surface area contributed by atoms with E-state index in [1.165, 1.54) is 43.3 Å². The van der Waals surface area contributed by atoms with Gasteiger partial charge in [0.1, 0.15) is 0 Å². The van der Waals surface area contributed by atoms with Crippen LogP contribution in [0.2, 0.25) is 0 Å². The summed E-state index contributed by atoms with van der Waals surface area (Å²) in [5.74, 6) is -0.397. The van der Waals surface area contributed by atoms with Crippen molar-refractivity contribution < 1.29 is 26.4 Å². The van der Waals surface area contributed by atoms with Crippen LogP contribution in [0.1, 0.15) is 40.7 Å². The van der Waals surface area contributed by atoms with E-state index in [-0.39, 0.29) is 17.0 Å². The predicted octanol–water partition coefficient (Wildman–Crippen LogP) is 4.22. The molecule has 0 spiro atoms. The summed E-state index contributed by atoms with van der Waals surface area (Å²) in [6, 6.07) is 9.21. The Hall–Kier alpha value is -2.59. The second-order valence-corrected chi connectivity index (χ2v) is 10.5. The van der Waals surface area contributed by atoms with Gasteiger partial charge in [-0.3, -0.25) is 4.79 Å². The maximum Gasteiger partial charge on any atom is 0.416 e. The highest BCUT2D eigenvalue weighted by atomic mass is 32.2. The molecule has 1 heterocycles. The second kappa shape index (κ2) is 9.72. The van der Waals surface area contributed by atoms with Gasteiger partial charge in [0, 0.05) is 46.5 Å². The Morgan fingerprint density at radius 1 is 0.970 bits per heavy atom. The van der Waals surface area contributed by atoms with Crippen molar-refractivity contribution in [3.63, 3.8) is 0 Å². The fourth-order valence-corrected chi connectivity index (χ4v) is 4.75. The van der Waals surface area contributed by atoms with Crippen LogP contribution in [0.25, 0.3) is 0 Å². The summed E-state index contributed by atoms with van der Waals surface area (Å²) in [6.45, 7) is 1.62. The molecule has 1 amide bonds. The van der Waals surface area contributed by atoms with Gasteiger partial charge in [-0.2, -0.15) is 13.2 Å². The molecule has 1 saturated heterocycles. The van der Waals surface area contributed by atoms with Crippen molar-refractivity contribution in [3.05, 3.63) is 59.2 Å². The molecular formula is C23H28F3N3O3S. The van der Waals surface area contributed by atoms with E-state index in [9.17, 15) is 26.4 Å². The molecular weight excluding hydrogens is 455 g/mol. The van der Waals surface area contributed by atoms with Crippen LogP contribution in [0, 0.1) is 0 Å². The van der Waals surface area contributed by atoms with Crippen molar-refractivity contribution in [1.29, 1.82) is 0 Å². The second-order valence-electron chi connectivity index (χ2n) is 8.37. The van der Waals surface area contributed by atoms with Crippen LogP contribution in [0.4, 0.5) is 18.9 Å². The number of benzene rings is 2. The lowest BCUT2D eigenvalue weighted by molar-refractivity contribution is -0.137. The minimum absolute atomic E-state index is 0.0135. The summed E-state index contributed by atoms with van der Waals surface area (Å²) >= 11 is 0. The Morgan fingerprint density at radius 3 is 2.12 bits per heavy atom. The first-order valence-electron chi connectivity index (χ1n) is 10.6. The van der Waals surface area contributed by atoms with Crippen LogP contribution < -0.4 is 4.90 Å². The number of halogens is 3. The first-order chi connectivity index (χ1) is 15.4. The standard InChI is InChI=1S/C23H28F3N3O3S/c1-27(2)33(31,32)19-11-12-21(29-13-5-4-6-14-29)20(15-19)22(30)28(3)16-17-7-9-18(10-8-17)23(24,25)26/h7-12,15H,4-6,13-14,16H2,1-3H3. The van der Waals surface area contributed by atoms with Gasteiger partial charge in [0.05, 0.1) is 16.0 Å². The average molecular weight is 484 g/mol. The van der Waals surface area contributed by atoms with Gasteiger partial charge >= 0.3 is 6.18 Å². The molecule has 180 valence electrons. The van der Waals surface area contributed by atoms with E-state index in [2.05, 4.69) is 4.90 Å². The number of hydrogen-bond donors (Lipinski definition) is 0. The number of nitrogens with zero attached hydrogens (tertiary/aromatic N) is 3. The number of piperidine rings is 1. The highest BCUT2D eigenvalue weighted by Crippen LogP contribution is 2.31. The van der Waals surface area contributed by atoms with E-state index in [0.29, 0.717) is 11.3 Å². The summed E-state index contributed by atoms with van der Waals surface area (Å²) in [6.07, 6.45) is -1.37. The zero-order chi connectivity index (χ0) is 24.4. The molecule has 10 heteroatoms. The van der Waals surface area contributed by atoms with Crippen molar-refractivity contribution in [3.8, 4) is 0 Å². The van der Waals surface area contributed by atoms with Crippen molar-refractivity contribution in [2.24, 2.45) is 0 Å². The molecule has 1 aliphatic rings. The zero-order valence-corrected chi connectivity index (χ0v) is 19.7. The molecule has 2 aromatic carbocycles. The van der Waals surface area contributed by atoms with E-state index < -0.39 is 27.7 Å². The number of rotatable bonds is 6. The molecule has 1 fully saturated rings. The zero-order valence-electron chi connectivity index (χ0n) is 18.9. The van der Waals surface area contributed by atoms with Crippen molar-refractivity contribution in [1.82, 2.24) is 9.21 Å². The minimum atomic E-state index is -4.43. The van der Waals surface area contributed by atoms with Gasteiger partial charge < -0.3 is 9.80 Å². The van der Waals surface area contributed by atoms with Crippen LogP contribution >= 0.6 is 0 Å². The average Bonchev–Trinajstić information content (AvgIpc) is 2.78. The van der Waals surface area contributed by atoms with E-state index in [4.69, 9.17) is 0 Å². The SMILES string of the molecule is CN(Cc1ccc(C(F)(F)F)cc1)C(=O)c1cc(S(=O)(=O)N(C)C)ccc1N1CCCCC1. The minimum Gasteiger partial charge on any atom is -0.371 e. The molecule has 6 nitrogen and oxygen atoms in total. The lowest BCUT2D eigenvalue weighted by atomic mass is 10.1. The molecule has 3 rings (SSSR count). The summed E-state index contributed by atoms with van der Waals surface area (Å²) in [5.41, 5.74) is 0.704. The summed E-state index contributed by atoms with van der Waals surface area (Å²) < 4.78 is 64.9. The van der Waals surface area contributed by atoms with Crippen molar-refractivity contribution in [2.45, 2.75) is 36.9 Å². The Bertz CT molecular complexity index is 1090. The molecule has 2 aromatic rings. The van der Waals surface area contributed by atoms with Crippen LogP contribution in [0.5, 0.6) is 0 Å². The molecule has 0 unspecified atom stereocenters. The van der Waals surface area contributed by atoms with Crippen LogP contribution in [-0.2, 0) is 22.7 Å². The number of carbonyl (C=O) groups excluding carboxylic acids is 1. The molecule has 1 aliphatic heterocycles. The maximum absolute atomic E-state index is 13.4. The quantitative estimate of drug-likeness (QED) is 0.618. The van der Waals surface area contributed by atoms with Crippen molar-refractivity contribution >= 4 is 21.6 Å². The van der Waals surface area contributed by atoms with Gasteiger partial charge in [0.25, 0.3) is 5.91 Å². The van der Waals surface area contributed by atoms with Crippen LogP contribution in [0.15, 0.2) is 47.4 Å². The smallest absolute Gasteiger partial charge is 0.371 e. The normalized spacial score (nSPS) is 15.1. The van der Waals surface area contributed by atoms with Crippen LogP contribution in [0.3, 0.4) is 0 Å². The third kappa shape index (κ3) is 5.67. The molecule has 0 N–H and O–H groups in total. The lowest BCUT2D eigenvalue weighted by Gasteiger charge is -2.31. The third-order valence-corrected chi connectivity index (χ3v) is 7.53. The predicted molar refractivity (Wildman–Crippen MR) is 121 cm³/mol. The van der Waals surface area contributed by atoms with E-state index >= 15 is 0 Å². The molecule has 33 heavy (non-hydrogen) atoms. The van der Waals surface area contributed by atoms with E-state index in [0.717, 1.165) is 48.8 Å². The molecule has 0 bridgehead atoms. The number of anilines is 1. The number of alkyl halides is 3. The molecule has 0 aromatic heterocycles.